The molecular formula is C15H29BrO4Si. The average Bonchev–Trinajstić information content (AvgIpc) is 2.34. The summed E-state index contributed by atoms with van der Waals surface area (Å²) in [5.41, 5.74) is -0.00702. The summed E-state index contributed by atoms with van der Waals surface area (Å²) < 4.78 is 10.5. The molecule has 0 rings (SSSR count). The number of hydrogen-bond donors (Lipinski definition) is 0. The number of rotatable bonds is 7. The predicted octanol–water partition coefficient (Wildman–Crippen LogP) is 4.13. The first kappa shape index (κ1) is 20.6. The molecule has 0 aromatic heterocycles. The van der Waals surface area contributed by atoms with Gasteiger partial charge in [0, 0.05) is 0 Å². The maximum atomic E-state index is 12.1. The lowest BCUT2D eigenvalue weighted by molar-refractivity contribution is -0.147. The minimum Gasteiger partial charge on any atom is -0.519 e. The maximum Gasteiger partial charge on any atom is 0.308 e. The zero-order valence-electron chi connectivity index (χ0n) is 14.3. The lowest BCUT2D eigenvalue weighted by Gasteiger charge is -2.27. The molecule has 0 radical (unpaired) electrons. The van der Waals surface area contributed by atoms with E-state index < -0.39 is 13.1 Å². The van der Waals surface area contributed by atoms with Gasteiger partial charge in [-0.15, -0.1) is 0 Å². The van der Waals surface area contributed by atoms with Gasteiger partial charge in [-0.1, -0.05) is 43.6 Å². The van der Waals surface area contributed by atoms with Gasteiger partial charge in [-0.3, -0.25) is 9.59 Å². The van der Waals surface area contributed by atoms with Gasteiger partial charge in [-0.25, -0.2) is 0 Å². The summed E-state index contributed by atoms with van der Waals surface area (Å²) >= 11 is 3.37. The summed E-state index contributed by atoms with van der Waals surface area (Å²) in [7, 11) is -0.551. The smallest absolute Gasteiger partial charge is 0.308 e. The van der Waals surface area contributed by atoms with Crippen molar-refractivity contribution in [1.29, 1.82) is 0 Å². The van der Waals surface area contributed by atoms with Gasteiger partial charge in [0.05, 0.1) is 13.0 Å². The number of carbonyl (C=O) groups excluding carboxylic acids is 2. The summed E-state index contributed by atoms with van der Waals surface area (Å²) in [4.78, 5) is 23.6. The first-order valence-corrected chi connectivity index (χ1v) is 11.4. The fourth-order valence-electron chi connectivity index (χ4n) is 1.92. The molecule has 124 valence electrons. The van der Waals surface area contributed by atoms with Crippen molar-refractivity contribution in [3.63, 3.8) is 0 Å². The second-order valence-electron chi connectivity index (χ2n) is 7.22. The standard InChI is InChI=1S/C15H29BrO4Si/c1-8-21(6,7)20-14(18)12(16)9-11(13(17)19-5)10-15(2,3)4/h11-12H,8-10H2,1-7H3. The number of halogens is 1. The van der Waals surface area contributed by atoms with E-state index in [1.165, 1.54) is 7.11 Å². The third-order valence-electron chi connectivity index (χ3n) is 3.37. The highest BCUT2D eigenvalue weighted by molar-refractivity contribution is 9.10. The summed E-state index contributed by atoms with van der Waals surface area (Å²) in [6.45, 7) is 12.3. The second-order valence-corrected chi connectivity index (χ2v) is 12.8. The molecule has 0 heterocycles. The number of methoxy groups -OCH3 is 1. The fourth-order valence-corrected chi connectivity index (χ4v) is 3.47. The monoisotopic (exact) mass is 380 g/mol. The van der Waals surface area contributed by atoms with Crippen LogP contribution in [0.3, 0.4) is 0 Å². The molecule has 0 spiro atoms. The van der Waals surface area contributed by atoms with Gasteiger partial charge >= 0.3 is 11.9 Å². The minimum atomic E-state index is -1.93. The van der Waals surface area contributed by atoms with Crippen molar-refractivity contribution in [2.75, 3.05) is 7.11 Å². The first-order chi connectivity index (χ1) is 9.41. The lowest BCUT2D eigenvalue weighted by atomic mass is 9.82. The summed E-state index contributed by atoms with van der Waals surface area (Å²) in [6, 6.07) is 0.876. The van der Waals surface area contributed by atoms with Crippen molar-refractivity contribution in [1.82, 2.24) is 0 Å². The molecule has 2 unspecified atom stereocenters. The van der Waals surface area contributed by atoms with Crippen molar-refractivity contribution >= 4 is 36.2 Å². The molecule has 0 aromatic carbocycles. The van der Waals surface area contributed by atoms with Crippen LogP contribution >= 0.6 is 15.9 Å². The molecule has 6 heteroatoms. The van der Waals surface area contributed by atoms with E-state index in [4.69, 9.17) is 9.16 Å². The third kappa shape index (κ3) is 8.61. The van der Waals surface area contributed by atoms with Gasteiger partial charge < -0.3 is 9.16 Å². The van der Waals surface area contributed by atoms with Crippen LogP contribution < -0.4 is 0 Å². The van der Waals surface area contributed by atoms with Crippen molar-refractivity contribution in [3.05, 3.63) is 0 Å². The molecule has 0 saturated heterocycles. The molecule has 0 saturated carbocycles. The molecule has 21 heavy (non-hydrogen) atoms. The Labute approximate surface area is 138 Å². The zero-order chi connectivity index (χ0) is 16.8. The van der Waals surface area contributed by atoms with Gasteiger partial charge in [0.1, 0.15) is 4.83 Å². The second kappa shape index (κ2) is 8.32. The molecule has 4 nitrogen and oxygen atoms in total. The van der Waals surface area contributed by atoms with Crippen LogP contribution in [0.25, 0.3) is 0 Å². The van der Waals surface area contributed by atoms with Gasteiger partial charge in [0.15, 0.2) is 0 Å². The predicted molar refractivity (Wildman–Crippen MR) is 91.0 cm³/mol. The Kier molecular flexibility index (Phi) is 8.17. The normalized spacial score (nSPS) is 15.2. The molecule has 0 amide bonds. The number of hydrogen-bond acceptors (Lipinski definition) is 4. The number of ether oxygens (including phenoxy) is 1. The van der Waals surface area contributed by atoms with Crippen LogP contribution in [0.2, 0.25) is 19.1 Å². The van der Waals surface area contributed by atoms with Crippen molar-refractivity contribution in [3.8, 4) is 0 Å². The molecule has 2 atom stereocenters. The van der Waals surface area contributed by atoms with E-state index >= 15 is 0 Å². The number of alkyl halides is 1. The SMILES string of the molecule is CC[Si](C)(C)OC(=O)C(Br)CC(CC(C)(C)C)C(=O)OC. The zero-order valence-corrected chi connectivity index (χ0v) is 16.9. The van der Waals surface area contributed by atoms with E-state index in [0.717, 1.165) is 6.04 Å². The molecule has 0 aliphatic carbocycles. The van der Waals surface area contributed by atoms with Gasteiger partial charge in [0.25, 0.3) is 0 Å². The summed E-state index contributed by atoms with van der Waals surface area (Å²) in [5.74, 6) is -0.844. The van der Waals surface area contributed by atoms with Gasteiger partial charge in [-0.05, 0) is 37.4 Å². The molecular weight excluding hydrogens is 352 g/mol. The van der Waals surface area contributed by atoms with Crippen LogP contribution in [-0.2, 0) is 18.8 Å². The first-order valence-electron chi connectivity index (χ1n) is 7.36. The Balaban J connectivity index is 4.77. The summed E-state index contributed by atoms with van der Waals surface area (Å²) in [5, 5.41) is 0. The number of esters is 1. The molecule has 0 aliphatic rings. The topological polar surface area (TPSA) is 52.6 Å². The number of carbonyl (C=O) groups is 2. The van der Waals surface area contributed by atoms with Crippen LogP contribution in [-0.4, -0.2) is 32.2 Å². The van der Waals surface area contributed by atoms with E-state index in [-0.39, 0.29) is 23.3 Å². The van der Waals surface area contributed by atoms with Crippen molar-refractivity contribution in [2.24, 2.45) is 11.3 Å². The van der Waals surface area contributed by atoms with Gasteiger partial charge in [-0.2, -0.15) is 0 Å². The quantitative estimate of drug-likeness (QED) is 0.378. The molecule has 0 N–H and O–H groups in total. The molecule has 0 bridgehead atoms. The van der Waals surface area contributed by atoms with Crippen LogP contribution in [0.15, 0.2) is 0 Å². The third-order valence-corrected chi connectivity index (χ3v) is 6.57. The minimum absolute atomic E-state index is 0.00702. The highest BCUT2D eigenvalue weighted by Gasteiger charge is 2.33. The van der Waals surface area contributed by atoms with Crippen LogP contribution in [0.4, 0.5) is 0 Å². The van der Waals surface area contributed by atoms with E-state index in [2.05, 4.69) is 36.7 Å². The Morgan fingerprint density at radius 3 is 2.10 bits per heavy atom. The van der Waals surface area contributed by atoms with Crippen LogP contribution in [0, 0.1) is 11.3 Å². The van der Waals surface area contributed by atoms with Crippen LogP contribution in [0.1, 0.15) is 40.5 Å². The largest absolute Gasteiger partial charge is 0.519 e. The Morgan fingerprint density at radius 2 is 1.71 bits per heavy atom. The Morgan fingerprint density at radius 1 is 1.19 bits per heavy atom. The van der Waals surface area contributed by atoms with Crippen molar-refractivity contribution in [2.45, 2.75) is 64.5 Å². The highest BCUT2D eigenvalue weighted by atomic mass is 79.9. The van der Waals surface area contributed by atoms with Crippen molar-refractivity contribution < 1.29 is 18.8 Å². The Hall–Kier alpha value is -0.363. The average molecular weight is 381 g/mol. The Bertz CT molecular complexity index is 363. The molecule has 0 fully saturated rings. The maximum absolute atomic E-state index is 12.1. The van der Waals surface area contributed by atoms with E-state index in [1.807, 2.05) is 20.0 Å². The highest BCUT2D eigenvalue weighted by Crippen LogP contribution is 2.30. The lowest BCUT2D eigenvalue weighted by Crippen LogP contribution is -2.37. The van der Waals surface area contributed by atoms with Gasteiger partial charge in [0.2, 0.25) is 8.32 Å². The van der Waals surface area contributed by atoms with E-state index in [1.54, 1.807) is 0 Å². The van der Waals surface area contributed by atoms with E-state index in [9.17, 15) is 9.59 Å². The molecule has 0 aliphatic heterocycles. The fraction of sp³-hybridized carbons (Fsp3) is 0.867. The summed E-state index contributed by atoms with van der Waals surface area (Å²) in [6.07, 6.45) is 1.07. The molecule has 0 aromatic rings. The van der Waals surface area contributed by atoms with Crippen LogP contribution in [0.5, 0.6) is 0 Å². The van der Waals surface area contributed by atoms with E-state index in [0.29, 0.717) is 12.8 Å².